The van der Waals surface area contributed by atoms with Crippen LogP contribution in [0.1, 0.15) is 57.2 Å². The van der Waals surface area contributed by atoms with Gasteiger partial charge < -0.3 is 10.0 Å². The Morgan fingerprint density at radius 3 is 2.68 bits per heavy atom. The predicted octanol–water partition coefficient (Wildman–Crippen LogP) is 2.99. The van der Waals surface area contributed by atoms with Crippen LogP contribution in [0.3, 0.4) is 0 Å². The van der Waals surface area contributed by atoms with Gasteiger partial charge in [0.2, 0.25) is 5.91 Å². The first-order valence-corrected chi connectivity index (χ1v) is 9.02. The molecule has 2 rings (SSSR count). The summed E-state index contributed by atoms with van der Waals surface area (Å²) in [5.41, 5.74) is 0.889. The Labute approximate surface area is 137 Å². The molecule has 4 nitrogen and oxygen atoms in total. The Morgan fingerprint density at radius 1 is 1.41 bits per heavy atom. The van der Waals surface area contributed by atoms with Crippen LogP contribution in [0.25, 0.3) is 0 Å². The van der Waals surface area contributed by atoms with E-state index in [9.17, 15) is 9.90 Å². The van der Waals surface area contributed by atoms with E-state index in [0.29, 0.717) is 13.0 Å². The number of carbonyl (C=O) groups is 1. The molecule has 1 aliphatic rings. The number of hydrogen-bond acceptors (Lipinski definition) is 4. The molecule has 1 heterocycles. The van der Waals surface area contributed by atoms with Gasteiger partial charge in [0.25, 0.3) is 0 Å². The molecule has 22 heavy (non-hydrogen) atoms. The van der Waals surface area contributed by atoms with E-state index in [2.05, 4.69) is 25.8 Å². The Kier molecular flexibility index (Phi) is 5.61. The normalized spacial score (nSPS) is 22.6. The summed E-state index contributed by atoms with van der Waals surface area (Å²) in [5.74, 6) is 0.312. The molecule has 5 heteroatoms. The third-order valence-corrected chi connectivity index (χ3v) is 5.65. The molecule has 0 spiro atoms. The molecule has 1 aliphatic carbocycles. The molecule has 1 aromatic heterocycles. The second-order valence-corrected chi connectivity index (χ2v) is 8.32. The van der Waals surface area contributed by atoms with E-state index < -0.39 is 0 Å². The third-order valence-electron chi connectivity index (χ3n) is 4.33. The molecule has 0 aliphatic heterocycles. The van der Waals surface area contributed by atoms with E-state index >= 15 is 0 Å². The molecule has 0 radical (unpaired) electrons. The molecule has 0 aromatic carbocycles. The van der Waals surface area contributed by atoms with E-state index in [-0.39, 0.29) is 23.3 Å². The second-order valence-electron chi connectivity index (χ2n) is 7.46. The van der Waals surface area contributed by atoms with Crippen LogP contribution in [-0.4, -0.2) is 40.6 Å². The quantitative estimate of drug-likeness (QED) is 0.926. The number of aromatic nitrogens is 1. The van der Waals surface area contributed by atoms with Gasteiger partial charge in [-0.05, 0) is 12.8 Å². The van der Waals surface area contributed by atoms with Crippen LogP contribution in [0.2, 0.25) is 0 Å². The van der Waals surface area contributed by atoms with Gasteiger partial charge in [-0.15, -0.1) is 11.3 Å². The zero-order chi connectivity index (χ0) is 16.3. The van der Waals surface area contributed by atoms with Gasteiger partial charge >= 0.3 is 0 Å². The lowest BCUT2D eigenvalue weighted by molar-refractivity contribution is -0.130. The van der Waals surface area contributed by atoms with Crippen molar-refractivity contribution >= 4 is 17.2 Å². The lowest BCUT2D eigenvalue weighted by atomic mass is 9.86. The molecular weight excluding hydrogens is 296 g/mol. The average molecular weight is 324 g/mol. The highest BCUT2D eigenvalue weighted by molar-refractivity contribution is 7.09. The van der Waals surface area contributed by atoms with Crippen molar-refractivity contribution in [3.8, 4) is 0 Å². The molecular formula is C17H28N2O2S. The number of aliphatic hydroxyl groups is 1. The van der Waals surface area contributed by atoms with Gasteiger partial charge in [-0.25, -0.2) is 4.98 Å². The van der Waals surface area contributed by atoms with Crippen molar-refractivity contribution in [2.75, 3.05) is 13.6 Å². The second kappa shape index (κ2) is 7.09. The fourth-order valence-corrected chi connectivity index (χ4v) is 3.78. The molecule has 1 aromatic rings. The third kappa shape index (κ3) is 4.53. The zero-order valence-corrected chi connectivity index (χ0v) is 14.9. The summed E-state index contributed by atoms with van der Waals surface area (Å²) in [6, 6.07) is 0. The predicted molar refractivity (Wildman–Crippen MR) is 90.1 cm³/mol. The highest BCUT2D eigenvalue weighted by Crippen LogP contribution is 2.27. The number of aliphatic hydroxyl groups excluding tert-OH is 1. The number of hydrogen-bond donors (Lipinski definition) is 1. The fourth-order valence-electron chi connectivity index (χ4n) is 2.88. The molecule has 1 amide bonds. The van der Waals surface area contributed by atoms with Crippen molar-refractivity contribution < 1.29 is 9.90 Å². The van der Waals surface area contributed by atoms with Crippen molar-refractivity contribution in [3.63, 3.8) is 0 Å². The van der Waals surface area contributed by atoms with Gasteiger partial charge in [0.05, 0.1) is 23.2 Å². The minimum absolute atomic E-state index is 0.0318. The monoisotopic (exact) mass is 324 g/mol. The summed E-state index contributed by atoms with van der Waals surface area (Å²) in [4.78, 5) is 18.7. The number of carbonyl (C=O) groups excluding carboxylic acids is 1. The largest absolute Gasteiger partial charge is 0.393 e. The van der Waals surface area contributed by atoms with Crippen molar-refractivity contribution in [3.05, 3.63) is 16.1 Å². The molecule has 2 unspecified atom stereocenters. The van der Waals surface area contributed by atoms with Gasteiger partial charge in [0.15, 0.2) is 0 Å². The highest BCUT2D eigenvalue weighted by Gasteiger charge is 2.26. The molecule has 1 saturated carbocycles. The average Bonchev–Trinajstić information content (AvgIpc) is 2.89. The van der Waals surface area contributed by atoms with E-state index in [0.717, 1.165) is 36.4 Å². The number of rotatable bonds is 4. The van der Waals surface area contributed by atoms with Crippen LogP contribution in [0.15, 0.2) is 5.38 Å². The van der Waals surface area contributed by atoms with Crippen LogP contribution in [-0.2, 0) is 16.6 Å². The van der Waals surface area contributed by atoms with Crippen molar-refractivity contribution in [1.29, 1.82) is 0 Å². The molecule has 0 saturated heterocycles. The van der Waals surface area contributed by atoms with Gasteiger partial charge in [0, 0.05) is 30.3 Å². The Morgan fingerprint density at radius 2 is 2.09 bits per heavy atom. The smallest absolute Gasteiger partial charge is 0.228 e. The Hall–Kier alpha value is -0.940. The standard InChI is InChI=1S/C17H28N2O2S/c1-17(2,3)16-18-13(11-22-16)9-15(21)19(4)10-12-7-5-6-8-14(12)20/h11-12,14,20H,5-10H2,1-4H3. The van der Waals surface area contributed by atoms with Gasteiger partial charge in [0.1, 0.15) is 0 Å². The first-order chi connectivity index (χ1) is 10.3. The Balaban J connectivity index is 1.89. The highest BCUT2D eigenvalue weighted by atomic mass is 32.1. The van der Waals surface area contributed by atoms with Gasteiger partial charge in [-0.2, -0.15) is 0 Å². The summed E-state index contributed by atoms with van der Waals surface area (Å²) in [5, 5.41) is 13.1. The minimum Gasteiger partial charge on any atom is -0.393 e. The van der Waals surface area contributed by atoms with Crippen LogP contribution < -0.4 is 0 Å². The maximum absolute atomic E-state index is 12.4. The van der Waals surface area contributed by atoms with Crippen LogP contribution in [0.5, 0.6) is 0 Å². The molecule has 2 atom stereocenters. The lowest BCUT2D eigenvalue weighted by Crippen LogP contribution is -2.38. The van der Waals surface area contributed by atoms with Crippen LogP contribution in [0.4, 0.5) is 0 Å². The van der Waals surface area contributed by atoms with Crippen LogP contribution in [0, 0.1) is 5.92 Å². The lowest BCUT2D eigenvalue weighted by Gasteiger charge is -2.31. The van der Waals surface area contributed by atoms with E-state index in [4.69, 9.17) is 0 Å². The zero-order valence-electron chi connectivity index (χ0n) is 14.1. The first-order valence-electron chi connectivity index (χ1n) is 8.14. The molecule has 1 fully saturated rings. The fraction of sp³-hybridized carbons (Fsp3) is 0.765. The maximum atomic E-state index is 12.4. The summed E-state index contributed by atoms with van der Waals surface area (Å²) >= 11 is 1.62. The summed E-state index contributed by atoms with van der Waals surface area (Å²) in [7, 11) is 1.83. The number of amides is 1. The minimum atomic E-state index is -0.254. The number of thiazole rings is 1. The van der Waals surface area contributed by atoms with E-state index in [1.54, 1.807) is 16.2 Å². The number of nitrogens with zero attached hydrogens (tertiary/aromatic N) is 2. The van der Waals surface area contributed by atoms with Crippen molar-refractivity contribution in [2.45, 2.75) is 64.4 Å². The van der Waals surface area contributed by atoms with Gasteiger partial charge in [-0.1, -0.05) is 33.6 Å². The van der Waals surface area contributed by atoms with Crippen molar-refractivity contribution in [1.82, 2.24) is 9.88 Å². The molecule has 124 valence electrons. The van der Waals surface area contributed by atoms with E-state index in [1.807, 2.05) is 12.4 Å². The van der Waals surface area contributed by atoms with E-state index in [1.165, 1.54) is 0 Å². The SMILES string of the molecule is CN(CC1CCCCC1O)C(=O)Cc1csc(C(C)(C)C)n1. The molecule has 0 bridgehead atoms. The van der Waals surface area contributed by atoms with Gasteiger partial charge in [-0.3, -0.25) is 4.79 Å². The Bertz CT molecular complexity index is 507. The molecule has 1 N–H and O–H groups in total. The maximum Gasteiger partial charge on any atom is 0.228 e. The van der Waals surface area contributed by atoms with Crippen molar-refractivity contribution in [2.24, 2.45) is 5.92 Å². The first kappa shape index (κ1) is 17.4. The number of likely N-dealkylation sites (N-methyl/N-ethyl adjacent to an activating group) is 1. The summed E-state index contributed by atoms with van der Waals surface area (Å²) in [6.45, 7) is 7.05. The summed E-state index contributed by atoms with van der Waals surface area (Å²) < 4.78 is 0. The topological polar surface area (TPSA) is 53.4 Å². The van der Waals surface area contributed by atoms with Crippen LogP contribution >= 0.6 is 11.3 Å². The summed E-state index contributed by atoms with van der Waals surface area (Å²) in [6.07, 6.45) is 4.24.